The summed E-state index contributed by atoms with van der Waals surface area (Å²) in [5.74, 6) is -0.359. The van der Waals surface area contributed by atoms with Crippen molar-refractivity contribution >= 4 is 11.8 Å². The molecule has 0 unspecified atom stereocenters. The van der Waals surface area contributed by atoms with Crippen LogP contribution < -0.4 is 0 Å². The van der Waals surface area contributed by atoms with Crippen LogP contribution in [0.2, 0.25) is 0 Å². The Morgan fingerprint density at radius 1 is 0.769 bits per heavy atom. The van der Waals surface area contributed by atoms with E-state index >= 15 is 0 Å². The van der Waals surface area contributed by atoms with Gasteiger partial charge in [0, 0.05) is 26.2 Å². The van der Waals surface area contributed by atoms with Crippen LogP contribution in [0.25, 0.3) is 0 Å². The topological polar surface area (TPSA) is 40.6 Å². The van der Waals surface area contributed by atoms with Gasteiger partial charge in [-0.1, -0.05) is 48.5 Å². The maximum atomic E-state index is 13.7. The highest BCUT2D eigenvalue weighted by Crippen LogP contribution is 2.12. The van der Waals surface area contributed by atoms with Gasteiger partial charge in [0.15, 0.2) is 0 Å². The smallest absolute Gasteiger partial charge is 0.227 e. The third-order valence-electron chi connectivity index (χ3n) is 4.70. The molecule has 0 radical (unpaired) electrons. The molecule has 0 atom stereocenters. The zero-order chi connectivity index (χ0) is 18.4. The van der Waals surface area contributed by atoms with Crippen molar-refractivity contribution in [3.05, 3.63) is 71.5 Å². The second-order valence-electron chi connectivity index (χ2n) is 6.55. The molecule has 0 saturated carbocycles. The average molecular weight is 354 g/mol. The molecule has 4 nitrogen and oxygen atoms in total. The molecule has 0 aliphatic carbocycles. The van der Waals surface area contributed by atoms with Crippen LogP contribution in [0.3, 0.4) is 0 Å². The van der Waals surface area contributed by atoms with Crippen LogP contribution in [0.15, 0.2) is 54.6 Å². The van der Waals surface area contributed by atoms with Gasteiger partial charge in [0.2, 0.25) is 11.8 Å². The van der Waals surface area contributed by atoms with Crippen LogP contribution in [-0.2, 0) is 22.4 Å². The van der Waals surface area contributed by atoms with Crippen molar-refractivity contribution in [3.8, 4) is 0 Å². The Balaban J connectivity index is 1.55. The van der Waals surface area contributed by atoms with E-state index in [-0.39, 0.29) is 24.1 Å². The number of carbonyl (C=O) groups is 2. The number of hydrogen-bond donors (Lipinski definition) is 0. The van der Waals surface area contributed by atoms with Gasteiger partial charge in [0.25, 0.3) is 0 Å². The summed E-state index contributed by atoms with van der Waals surface area (Å²) in [7, 11) is 0. The lowest BCUT2D eigenvalue weighted by Crippen LogP contribution is -2.38. The van der Waals surface area contributed by atoms with Crippen LogP contribution >= 0.6 is 0 Å². The molecule has 136 valence electrons. The van der Waals surface area contributed by atoms with Gasteiger partial charge in [0.05, 0.1) is 12.8 Å². The van der Waals surface area contributed by atoms with Crippen molar-refractivity contribution in [2.45, 2.75) is 19.3 Å². The predicted octanol–water partition coefficient (Wildman–Crippen LogP) is 2.67. The molecule has 0 spiro atoms. The fraction of sp³-hybridized carbons (Fsp3) is 0.333. The Bertz CT molecular complexity index is 764. The van der Waals surface area contributed by atoms with E-state index in [1.807, 2.05) is 35.2 Å². The van der Waals surface area contributed by atoms with Gasteiger partial charge in [-0.05, 0) is 23.6 Å². The molecule has 2 aromatic carbocycles. The minimum absolute atomic E-state index is 0.0602. The van der Waals surface area contributed by atoms with E-state index in [2.05, 4.69) is 0 Å². The Labute approximate surface area is 153 Å². The maximum Gasteiger partial charge on any atom is 0.227 e. The van der Waals surface area contributed by atoms with Crippen LogP contribution in [0.5, 0.6) is 0 Å². The van der Waals surface area contributed by atoms with Crippen molar-refractivity contribution < 1.29 is 14.0 Å². The SMILES string of the molecule is O=C(Cc1ccccc1)N1CCCN(C(=O)Cc2ccccc2F)CC1. The van der Waals surface area contributed by atoms with E-state index in [1.165, 1.54) is 6.07 Å². The average Bonchev–Trinajstić information content (AvgIpc) is 2.91. The summed E-state index contributed by atoms with van der Waals surface area (Å²) in [5.41, 5.74) is 1.41. The second kappa shape index (κ2) is 8.61. The van der Waals surface area contributed by atoms with E-state index in [9.17, 15) is 14.0 Å². The first-order valence-electron chi connectivity index (χ1n) is 8.96. The predicted molar refractivity (Wildman–Crippen MR) is 98.0 cm³/mol. The summed E-state index contributed by atoms with van der Waals surface area (Å²) in [6.07, 6.45) is 1.18. The Morgan fingerprint density at radius 2 is 1.35 bits per heavy atom. The summed E-state index contributed by atoms with van der Waals surface area (Å²) in [6.45, 7) is 2.26. The molecular weight excluding hydrogens is 331 g/mol. The van der Waals surface area contributed by atoms with Gasteiger partial charge in [-0.2, -0.15) is 0 Å². The van der Waals surface area contributed by atoms with Gasteiger partial charge >= 0.3 is 0 Å². The molecular formula is C21H23FN2O2. The lowest BCUT2D eigenvalue weighted by atomic mass is 10.1. The quantitative estimate of drug-likeness (QED) is 0.847. The third-order valence-corrected chi connectivity index (χ3v) is 4.70. The van der Waals surface area contributed by atoms with Crippen molar-refractivity contribution in [2.24, 2.45) is 0 Å². The molecule has 2 amide bonds. The van der Waals surface area contributed by atoms with Crippen molar-refractivity contribution in [3.63, 3.8) is 0 Å². The van der Waals surface area contributed by atoms with Crippen molar-refractivity contribution in [1.29, 1.82) is 0 Å². The zero-order valence-electron chi connectivity index (χ0n) is 14.7. The number of amides is 2. The summed E-state index contributed by atoms with van der Waals surface area (Å²) in [6, 6.07) is 16.0. The number of halogens is 1. The third kappa shape index (κ3) is 4.69. The molecule has 0 N–H and O–H groups in total. The van der Waals surface area contributed by atoms with E-state index in [1.54, 1.807) is 23.1 Å². The fourth-order valence-electron chi connectivity index (χ4n) is 3.22. The minimum atomic E-state index is -0.352. The number of hydrogen-bond acceptors (Lipinski definition) is 2. The lowest BCUT2D eigenvalue weighted by Gasteiger charge is -2.22. The summed E-state index contributed by atoms with van der Waals surface area (Å²) >= 11 is 0. The number of nitrogens with zero attached hydrogens (tertiary/aromatic N) is 2. The molecule has 0 aromatic heterocycles. The Hall–Kier alpha value is -2.69. The highest BCUT2D eigenvalue weighted by Gasteiger charge is 2.22. The van der Waals surface area contributed by atoms with E-state index < -0.39 is 0 Å². The van der Waals surface area contributed by atoms with E-state index in [0.717, 1.165) is 12.0 Å². The largest absolute Gasteiger partial charge is 0.341 e. The van der Waals surface area contributed by atoms with Crippen LogP contribution in [0, 0.1) is 5.82 Å². The van der Waals surface area contributed by atoms with Crippen LogP contribution in [0.1, 0.15) is 17.5 Å². The maximum absolute atomic E-state index is 13.7. The Kier molecular flexibility index (Phi) is 6.00. The van der Waals surface area contributed by atoms with Gasteiger partial charge in [-0.25, -0.2) is 4.39 Å². The molecule has 1 saturated heterocycles. The van der Waals surface area contributed by atoms with Gasteiger partial charge in [-0.3, -0.25) is 9.59 Å². The number of rotatable bonds is 4. The first kappa shape index (κ1) is 18.1. The fourth-order valence-corrected chi connectivity index (χ4v) is 3.22. The summed E-state index contributed by atoms with van der Waals surface area (Å²) in [4.78, 5) is 28.6. The lowest BCUT2D eigenvalue weighted by molar-refractivity contribution is -0.132. The molecule has 1 aliphatic heterocycles. The summed E-state index contributed by atoms with van der Waals surface area (Å²) < 4.78 is 13.7. The molecule has 26 heavy (non-hydrogen) atoms. The molecule has 5 heteroatoms. The van der Waals surface area contributed by atoms with E-state index in [0.29, 0.717) is 38.2 Å². The highest BCUT2D eigenvalue weighted by atomic mass is 19.1. The minimum Gasteiger partial charge on any atom is -0.341 e. The van der Waals surface area contributed by atoms with Gasteiger partial charge in [-0.15, -0.1) is 0 Å². The highest BCUT2D eigenvalue weighted by molar-refractivity contribution is 5.80. The molecule has 1 aliphatic rings. The molecule has 3 rings (SSSR count). The van der Waals surface area contributed by atoms with Crippen LogP contribution in [-0.4, -0.2) is 47.8 Å². The van der Waals surface area contributed by atoms with Crippen molar-refractivity contribution in [2.75, 3.05) is 26.2 Å². The standard InChI is InChI=1S/C21H23FN2O2/c22-19-10-5-4-9-18(19)16-21(26)24-12-6-11-23(13-14-24)20(25)15-17-7-2-1-3-8-17/h1-5,7-10H,6,11-16H2. The molecule has 2 aromatic rings. The molecule has 1 fully saturated rings. The molecule has 1 heterocycles. The first-order valence-corrected chi connectivity index (χ1v) is 8.96. The van der Waals surface area contributed by atoms with E-state index in [4.69, 9.17) is 0 Å². The second-order valence-corrected chi connectivity index (χ2v) is 6.55. The number of benzene rings is 2. The Morgan fingerprint density at radius 3 is 2.00 bits per heavy atom. The zero-order valence-corrected chi connectivity index (χ0v) is 14.7. The normalized spacial score (nSPS) is 14.8. The summed E-state index contributed by atoms with van der Waals surface area (Å²) in [5, 5.41) is 0. The van der Waals surface area contributed by atoms with Crippen molar-refractivity contribution in [1.82, 2.24) is 9.80 Å². The van der Waals surface area contributed by atoms with Gasteiger partial charge in [0.1, 0.15) is 5.82 Å². The first-order chi connectivity index (χ1) is 12.6. The van der Waals surface area contributed by atoms with Crippen LogP contribution in [0.4, 0.5) is 4.39 Å². The molecule has 0 bridgehead atoms. The monoisotopic (exact) mass is 354 g/mol. The van der Waals surface area contributed by atoms with Gasteiger partial charge < -0.3 is 9.80 Å². The number of carbonyl (C=O) groups excluding carboxylic acids is 2.